The number of nitrogens with one attached hydrogen (secondary N) is 3. The van der Waals surface area contributed by atoms with Crippen LogP contribution in [0.2, 0.25) is 0 Å². The summed E-state index contributed by atoms with van der Waals surface area (Å²) in [6.07, 6.45) is 1.95. The molecule has 2 aromatic carbocycles. The van der Waals surface area contributed by atoms with Gasteiger partial charge in [-0.25, -0.2) is 14.4 Å². The van der Waals surface area contributed by atoms with E-state index in [2.05, 4.69) is 25.6 Å². The Balaban J connectivity index is 1.45. The third-order valence-electron chi connectivity index (χ3n) is 5.07. The summed E-state index contributed by atoms with van der Waals surface area (Å²) < 4.78 is 18.8. The molecule has 0 unspecified atom stereocenters. The molecule has 0 aliphatic carbocycles. The van der Waals surface area contributed by atoms with Crippen LogP contribution in [0.5, 0.6) is 11.5 Å². The van der Waals surface area contributed by atoms with Gasteiger partial charge in [-0.3, -0.25) is 9.59 Å². The number of aryl methyl sites for hydroxylation is 1. The number of hydrogen-bond acceptors (Lipinski definition) is 5. The Bertz CT molecular complexity index is 1320. The monoisotopic (exact) mass is 473 g/mol. The summed E-state index contributed by atoms with van der Waals surface area (Å²) in [6.45, 7) is 3.17. The zero-order chi connectivity index (χ0) is 24.8. The average molecular weight is 474 g/mol. The predicted molar refractivity (Wildman–Crippen MR) is 129 cm³/mol. The lowest BCUT2D eigenvalue weighted by Crippen LogP contribution is -2.44. The molecule has 0 aliphatic heterocycles. The van der Waals surface area contributed by atoms with E-state index in [1.807, 2.05) is 25.1 Å². The van der Waals surface area contributed by atoms with E-state index in [4.69, 9.17) is 4.74 Å². The van der Waals surface area contributed by atoms with E-state index in [0.717, 1.165) is 11.4 Å². The molecule has 8 nitrogen and oxygen atoms in total. The van der Waals surface area contributed by atoms with Crippen molar-refractivity contribution in [2.75, 3.05) is 5.32 Å². The standard InChI is InChI=1S/C26H24FN5O3/c1-16-28-15-20(29-16)14-24(30-17(2)33)26(34)32-25-5-3-4-23(31-25)18-6-10-21(11-7-18)35-22-12-8-19(27)9-13-22/h3-13,15,24H,14H2,1-2H3,(H,28,29)(H,30,33)(H,31,32,34)/t24-/m0/s1. The van der Waals surface area contributed by atoms with Crippen molar-refractivity contribution in [3.8, 4) is 22.8 Å². The van der Waals surface area contributed by atoms with Gasteiger partial charge < -0.3 is 20.4 Å². The Labute approximate surface area is 201 Å². The molecule has 9 heteroatoms. The molecule has 0 bridgehead atoms. The number of anilines is 1. The van der Waals surface area contributed by atoms with Gasteiger partial charge in [0.15, 0.2) is 0 Å². The van der Waals surface area contributed by atoms with Gasteiger partial charge in [0.1, 0.15) is 35.0 Å². The quantitative estimate of drug-likeness (QED) is 0.352. The molecule has 0 saturated heterocycles. The Hall–Kier alpha value is -4.53. The van der Waals surface area contributed by atoms with Crippen molar-refractivity contribution < 1.29 is 18.7 Å². The minimum atomic E-state index is -0.802. The summed E-state index contributed by atoms with van der Waals surface area (Å²) in [5, 5.41) is 5.44. The second kappa shape index (κ2) is 10.6. The minimum absolute atomic E-state index is 0.241. The molecule has 0 fully saturated rings. The summed E-state index contributed by atoms with van der Waals surface area (Å²) >= 11 is 0. The van der Waals surface area contributed by atoms with Gasteiger partial charge in [-0.2, -0.15) is 0 Å². The average Bonchev–Trinajstić information content (AvgIpc) is 3.25. The molecule has 0 aliphatic rings. The van der Waals surface area contributed by atoms with Crippen LogP contribution in [0, 0.1) is 12.7 Å². The molecule has 1 atom stereocenters. The molecule has 0 saturated carbocycles. The van der Waals surface area contributed by atoms with E-state index >= 15 is 0 Å². The molecule has 2 heterocycles. The van der Waals surface area contributed by atoms with Crippen LogP contribution < -0.4 is 15.4 Å². The van der Waals surface area contributed by atoms with E-state index in [1.54, 1.807) is 42.6 Å². The van der Waals surface area contributed by atoms with Gasteiger partial charge >= 0.3 is 0 Å². The maximum absolute atomic E-state index is 13.1. The Morgan fingerprint density at radius 2 is 1.69 bits per heavy atom. The predicted octanol–water partition coefficient (Wildman–Crippen LogP) is 4.40. The molecule has 0 spiro atoms. The number of hydrogen-bond donors (Lipinski definition) is 3. The van der Waals surface area contributed by atoms with Crippen LogP contribution in [0.3, 0.4) is 0 Å². The van der Waals surface area contributed by atoms with Gasteiger partial charge in [0.2, 0.25) is 11.8 Å². The Kier molecular flexibility index (Phi) is 7.15. The molecular weight excluding hydrogens is 449 g/mol. The lowest BCUT2D eigenvalue weighted by Gasteiger charge is -2.16. The van der Waals surface area contributed by atoms with Gasteiger partial charge in [0, 0.05) is 25.1 Å². The van der Waals surface area contributed by atoms with Crippen LogP contribution in [0.1, 0.15) is 18.4 Å². The first kappa shape index (κ1) is 23.6. The summed E-state index contributed by atoms with van der Waals surface area (Å²) in [6, 6.07) is 17.5. The molecule has 2 amide bonds. The number of pyridine rings is 1. The number of benzene rings is 2. The number of aromatic amines is 1. The Morgan fingerprint density at radius 1 is 1.00 bits per heavy atom. The van der Waals surface area contributed by atoms with Crippen LogP contribution in [-0.2, 0) is 16.0 Å². The van der Waals surface area contributed by atoms with Gasteiger partial charge in [-0.05, 0) is 67.6 Å². The largest absolute Gasteiger partial charge is 0.457 e. The van der Waals surface area contributed by atoms with Gasteiger partial charge in [0.05, 0.1) is 11.4 Å². The van der Waals surface area contributed by atoms with Crippen LogP contribution >= 0.6 is 0 Å². The fourth-order valence-corrected chi connectivity index (χ4v) is 3.45. The highest BCUT2D eigenvalue weighted by molar-refractivity contribution is 5.96. The third kappa shape index (κ3) is 6.50. The molecule has 178 valence electrons. The lowest BCUT2D eigenvalue weighted by atomic mass is 10.1. The van der Waals surface area contributed by atoms with E-state index in [0.29, 0.717) is 28.7 Å². The summed E-state index contributed by atoms with van der Waals surface area (Å²) in [4.78, 5) is 36.4. The maximum atomic E-state index is 13.1. The van der Waals surface area contributed by atoms with Gasteiger partial charge in [-0.1, -0.05) is 6.07 Å². The first-order valence-corrected chi connectivity index (χ1v) is 11.0. The van der Waals surface area contributed by atoms with Crippen molar-refractivity contribution in [1.29, 1.82) is 0 Å². The summed E-state index contributed by atoms with van der Waals surface area (Å²) in [5.74, 6) is 1.16. The van der Waals surface area contributed by atoms with Crippen molar-refractivity contribution in [3.05, 3.63) is 90.3 Å². The van der Waals surface area contributed by atoms with Crippen molar-refractivity contribution in [1.82, 2.24) is 20.3 Å². The van der Waals surface area contributed by atoms with Crippen LogP contribution in [0.25, 0.3) is 11.3 Å². The van der Waals surface area contributed by atoms with E-state index in [1.165, 1.54) is 19.1 Å². The molecule has 2 aromatic heterocycles. The number of carbonyl (C=O) groups excluding carboxylic acids is 2. The number of nitrogens with zero attached hydrogens (tertiary/aromatic N) is 2. The molecular formula is C26H24FN5O3. The third-order valence-corrected chi connectivity index (χ3v) is 5.07. The molecule has 0 radical (unpaired) electrons. The summed E-state index contributed by atoms with van der Waals surface area (Å²) in [7, 11) is 0. The highest BCUT2D eigenvalue weighted by Crippen LogP contribution is 2.26. The Morgan fingerprint density at radius 3 is 2.31 bits per heavy atom. The fourth-order valence-electron chi connectivity index (χ4n) is 3.45. The first-order valence-electron chi connectivity index (χ1n) is 11.0. The SMILES string of the molecule is CC(=O)N[C@@H](Cc1c[nH]c(C)n1)C(=O)Nc1cccc(-c2ccc(Oc3ccc(F)cc3)cc2)n1. The van der Waals surface area contributed by atoms with Crippen molar-refractivity contribution in [2.24, 2.45) is 0 Å². The number of aromatic nitrogens is 3. The minimum Gasteiger partial charge on any atom is -0.457 e. The molecule has 35 heavy (non-hydrogen) atoms. The number of carbonyl (C=O) groups is 2. The summed E-state index contributed by atoms with van der Waals surface area (Å²) in [5.41, 5.74) is 2.13. The van der Waals surface area contributed by atoms with Crippen molar-refractivity contribution >= 4 is 17.6 Å². The second-order valence-corrected chi connectivity index (χ2v) is 7.91. The van der Waals surface area contributed by atoms with Crippen molar-refractivity contribution in [2.45, 2.75) is 26.3 Å². The van der Waals surface area contributed by atoms with E-state index < -0.39 is 11.9 Å². The van der Waals surface area contributed by atoms with Gasteiger partial charge in [-0.15, -0.1) is 0 Å². The number of H-pyrrole nitrogens is 1. The van der Waals surface area contributed by atoms with Crippen LogP contribution in [0.15, 0.2) is 72.9 Å². The topological polar surface area (TPSA) is 109 Å². The number of ether oxygens (including phenoxy) is 1. The number of rotatable bonds is 8. The zero-order valence-electron chi connectivity index (χ0n) is 19.2. The highest BCUT2D eigenvalue weighted by atomic mass is 19.1. The highest BCUT2D eigenvalue weighted by Gasteiger charge is 2.22. The molecule has 4 rings (SSSR count). The van der Waals surface area contributed by atoms with Crippen molar-refractivity contribution in [3.63, 3.8) is 0 Å². The lowest BCUT2D eigenvalue weighted by molar-refractivity contribution is -0.125. The smallest absolute Gasteiger partial charge is 0.248 e. The van der Waals surface area contributed by atoms with Crippen LogP contribution in [-0.4, -0.2) is 32.8 Å². The maximum Gasteiger partial charge on any atom is 0.248 e. The van der Waals surface area contributed by atoms with Gasteiger partial charge in [0.25, 0.3) is 0 Å². The number of halogens is 1. The normalized spacial score (nSPS) is 11.5. The fraction of sp³-hybridized carbons (Fsp3) is 0.154. The zero-order valence-corrected chi connectivity index (χ0v) is 19.2. The second-order valence-electron chi connectivity index (χ2n) is 7.91. The number of imidazole rings is 1. The van der Waals surface area contributed by atoms with E-state index in [9.17, 15) is 14.0 Å². The molecule has 3 N–H and O–H groups in total. The number of amides is 2. The first-order chi connectivity index (χ1) is 16.9. The van der Waals surface area contributed by atoms with Crippen LogP contribution in [0.4, 0.5) is 10.2 Å². The van der Waals surface area contributed by atoms with E-state index in [-0.39, 0.29) is 18.1 Å². The molecule has 4 aromatic rings.